The predicted molar refractivity (Wildman–Crippen MR) is 180 cm³/mol. The van der Waals surface area contributed by atoms with E-state index in [1.165, 1.54) is 22.2 Å². The molecule has 0 aromatic heterocycles. The molecule has 0 radical (unpaired) electrons. The van der Waals surface area contributed by atoms with Crippen LogP contribution in [0.5, 0.6) is 0 Å². The summed E-state index contributed by atoms with van der Waals surface area (Å²) < 4.78 is 13.9. The molecule has 0 unspecified atom stereocenters. The maximum absolute atomic E-state index is 12.6. The van der Waals surface area contributed by atoms with Gasteiger partial charge in [0.05, 0.1) is 6.61 Å². The van der Waals surface area contributed by atoms with Crippen LogP contribution < -0.4 is 10.4 Å². The number of carbonyl (C=O) groups excluding carboxylic acids is 1. The molecule has 1 aliphatic rings. The number of carbonyl (C=O) groups is 1. The molecule has 0 aliphatic heterocycles. The zero-order valence-corrected chi connectivity index (χ0v) is 29.8. The van der Waals surface area contributed by atoms with Crippen LogP contribution in [-0.4, -0.2) is 36.1 Å². The van der Waals surface area contributed by atoms with Gasteiger partial charge in [-0.25, -0.2) is 0 Å². The van der Waals surface area contributed by atoms with Crippen molar-refractivity contribution < 1.29 is 13.6 Å². The zero-order chi connectivity index (χ0) is 30.7. The Kier molecular flexibility index (Phi) is 10.2. The van der Waals surface area contributed by atoms with Crippen LogP contribution in [0.2, 0.25) is 23.2 Å². The summed E-state index contributed by atoms with van der Waals surface area (Å²) in [5.74, 6) is 0.278. The summed E-state index contributed by atoms with van der Waals surface area (Å²) in [6.07, 6.45) is 6.34. The van der Waals surface area contributed by atoms with E-state index in [0.717, 1.165) is 25.9 Å². The number of benzene rings is 2. The summed E-state index contributed by atoms with van der Waals surface area (Å²) in [5, 5.41) is 2.72. The molecule has 1 aliphatic carbocycles. The second kappa shape index (κ2) is 12.4. The molecule has 3 nitrogen and oxygen atoms in total. The van der Waals surface area contributed by atoms with E-state index in [2.05, 4.69) is 142 Å². The second-order valence-corrected chi connectivity index (χ2v) is 24.6. The minimum Gasteiger partial charge on any atom is -0.417 e. The Hall–Kier alpha value is -1.80. The summed E-state index contributed by atoms with van der Waals surface area (Å²) in [6, 6.07) is 21.7. The molecule has 226 valence electrons. The van der Waals surface area contributed by atoms with Crippen molar-refractivity contribution in [1.82, 2.24) is 0 Å². The largest absolute Gasteiger partial charge is 0.417 e. The minimum atomic E-state index is -2.65. The highest BCUT2D eigenvalue weighted by molar-refractivity contribution is 6.99. The van der Waals surface area contributed by atoms with Crippen LogP contribution in [0.25, 0.3) is 0 Å². The third-order valence-electron chi connectivity index (χ3n) is 10.4. The average molecular weight is 593 g/mol. The third kappa shape index (κ3) is 6.90. The summed E-state index contributed by atoms with van der Waals surface area (Å²) >= 11 is 0. The summed E-state index contributed by atoms with van der Waals surface area (Å²) in [7, 11) is -4.45. The normalized spacial score (nSPS) is 24.2. The maximum atomic E-state index is 12.6. The van der Waals surface area contributed by atoms with Crippen molar-refractivity contribution in [3.8, 4) is 0 Å². The van der Waals surface area contributed by atoms with E-state index in [-0.39, 0.29) is 21.4 Å². The van der Waals surface area contributed by atoms with E-state index >= 15 is 0 Å². The van der Waals surface area contributed by atoms with E-state index in [4.69, 9.17) is 8.85 Å². The Labute approximate surface area is 253 Å². The molecular weight excluding hydrogens is 537 g/mol. The van der Waals surface area contributed by atoms with E-state index in [0.29, 0.717) is 6.61 Å². The number of allylic oxidation sites excluding steroid dienone is 1. The van der Waals surface area contributed by atoms with Gasteiger partial charge in [-0.05, 0) is 69.7 Å². The van der Waals surface area contributed by atoms with Crippen molar-refractivity contribution in [3.63, 3.8) is 0 Å². The fraction of sp³-hybridized carbons (Fsp3) is 0.583. The number of rotatable bonds is 11. The van der Waals surface area contributed by atoms with Crippen LogP contribution in [0.4, 0.5) is 0 Å². The lowest BCUT2D eigenvalue weighted by Gasteiger charge is -2.49. The lowest BCUT2D eigenvalue weighted by atomic mass is 9.56. The van der Waals surface area contributed by atoms with Crippen molar-refractivity contribution in [3.05, 3.63) is 72.3 Å². The van der Waals surface area contributed by atoms with Crippen molar-refractivity contribution in [2.24, 2.45) is 16.7 Å². The summed E-state index contributed by atoms with van der Waals surface area (Å²) in [5.41, 5.74) is 0.664. The highest BCUT2D eigenvalue weighted by Gasteiger charge is 2.52. The summed E-state index contributed by atoms with van der Waals surface area (Å²) in [4.78, 5) is 12.6. The first-order valence-corrected chi connectivity index (χ1v) is 20.3. The fourth-order valence-electron chi connectivity index (χ4n) is 6.38. The van der Waals surface area contributed by atoms with Gasteiger partial charge in [-0.3, -0.25) is 0 Å². The monoisotopic (exact) mass is 592 g/mol. The molecular formula is C36H56O3Si2. The van der Waals surface area contributed by atoms with Crippen LogP contribution in [0, 0.1) is 16.7 Å². The van der Waals surface area contributed by atoms with Gasteiger partial charge in [0.2, 0.25) is 0 Å². The van der Waals surface area contributed by atoms with Crippen LogP contribution in [0.3, 0.4) is 0 Å². The Morgan fingerprint density at radius 3 is 1.80 bits per heavy atom. The van der Waals surface area contributed by atoms with Gasteiger partial charge in [0.25, 0.3) is 8.32 Å². The molecule has 0 amide bonds. The van der Waals surface area contributed by atoms with Crippen LogP contribution >= 0.6 is 0 Å². The Morgan fingerprint density at radius 2 is 1.37 bits per heavy atom. The molecule has 5 heteroatoms. The van der Waals surface area contributed by atoms with E-state index < -0.39 is 22.0 Å². The van der Waals surface area contributed by atoms with Gasteiger partial charge in [-0.1, -0.05) is 129 Å². The molecule has 0 N–H and O–H groups in total. The van der Waals surface area contributed by atoms with Crippen LogP contribution in [0.15, 0.2) is 72.3 Å². The maximum Gasteiger partial charge on any atom is 0.261 e. The minimum absolute atomic E-state index is 0.0735. The van der Waals surface area contributed by atoms with Crippen molar-refractivity contribution in [1.29, 1.82) is 0 Å². The first-order valence-electron chi connectivity index (χ1n) is 15.5. The third-order valence-corrected chi connectivity index (χ3v) is 19.9. The quantitative estimate of drug-likeness (QED) is 0.114. The standard InChI is InChI=1S/C36H56O3Si2/c1-29-25-36(9,28-37)35(8,23-18-24-38-40(10,11)33(2,3)4)26-30(29)27-39-41(34(5,6)7,31-19-14-12-15-20-31)32-21-16-13-17-22-32/h12-17,19-22,26,28-29H,18,23-25,27H2,1-11H3/t29-,35-,36-/m1/s1. The molecule has 3 rings (SSSR count). The number of hydrogen-bond acceptors (Lipinski definition) is 3. The van der Waals surface area contributed by atoms with Crippen molar-refractivity contribution >= 4 is 33.3 Å². The molecule has 0 fully saturated rings. The van der Waals surface area contributed by atoms with Gasteiger partial charge in [-0.15, -0.1) is 0 Å². The second-order valence-electron chi connectivity index (χ2n) is 15.4. The molecule has 0 saturated heterocycles. The highest BCUT2D eigenvalue weighted by atomic mass is 28.4. The fourth-order valence-corrected chi connectivity index (χ4v) is 12.0. The van der Waals surface area contributed by atoms with Gasteiger partial charge >= 0.3 is 0 Å². The van der Waals surface area contributed by atoms with E-state index in [1.807, 2.05) is 0 Å². The van der Waals surface area contributed by atoms with Crippen molar-refractivity contribution in [2.45, 2.75) is 105 Å². The molecule has 0 bridgehead atoms. The zero-order valence-electron chi connectivity index (χ0n) is 27.8. The Bertz CT molecular complexity index is 1140. The molecule has 0 heterocycles. The van der Waals surface area contributed by atoms with Gasteiger partial charge in [0.1, 0.15) is 6.29 Å². The number of aldehydes is 1. The average Bonchev–Trinajstić information content (AvgIpc) is 2.90. The lowest BCUT2D eigenvalue weighted by molar-refractivity contribution is -0.122. The first kappa shape index (κ1) is 33.7. The van der Waals surface area contributed by atoms with E-state index in [9.17, 15) is 4.79 Å². The van der Waals surface area contributed by atoms with Gasteiger partial charge in [-0.2, -0.15) is 0 Å². The number of hydrogen-bond donors (Lipinski definition) is 0. The highest BCUT2D eigenvalue weighted by Crippen LogP contribution is 2.52. The van der Waals surface area contributed by atoms with E-state index in [1.54, 1.807) is 0 Å². The summed E-state index contributed by atoms with van der Waals surface area (Å²) in [6.45, 7) is 26.5. The lowest BCUT2D eigenvalue weighted by Crippen LogP contribution is -2.66. The predicted octanol–water partition coefficient (Wildman–Crippen LogP) is 8.54. The first-order chi connectivity index (χ1) is 18.9. The molecule has 41 heavy (non-hydrogen) atoms. The topological polar surface area (TPSA) is 35.5 Å². The van der Waals surface area contributed by atoms with Crippen LogP contribution in [0.1, 0.15) is 81.6 Å². The smallest absolute Gasteiger partial charge is 0.261 e. The molecule has 0 spiro atoms. The van der Waals surface area contributed by atoms with Gasteiger partial charge < -0.3 is 13.6 Å². The Balaban J connectivity index is 1.95. The molecule has 3 atom stereocenters. The van der Waals surface area contributed by atoms with Gasteiger partial charge in [0.15, 0.2) is 8.32 Å². The molecule has 2 aromatic carbocycles. The Morgan fingerprint density at radius 1 is 0.854 bits per heavy atom. The van der Waals surface area contributed by atoms with Crippen molar-refractivity contribution in [2.75, 3.05) is 13.2 Å². The SMILES string of the molecule is C[C@@H]1C[C@](C)(C=O)[C@](C)(CCCO[Si](C)(C)C(C)(C)C)C=C1CO[Si](c1ccccc1)(c1ccccc1)C(C)(C)C. The molecule has 0 saturated carbocycles. The van der Waals surface area contributed by atoms with Crippen LogP contribution in [-0.2, 0) is 13.6 Å². The molecule has 2 aromatic rings. The van der Waals surface area contributed by atoms with Gasteiger partial charge in [0, 0.05) is 12.0 Å².